The number of benzene rings is 1. The Bertz CT molecular complexity index is 961. The average molecular weight is 425 g/mol. The number of alkyl carbamates (subject to hydrolysis) is 1. The highest BCUT2D eigenvalue weighted by atomic mass is 16.6. The molecule has 1 heterocycles. The number of hydrogen-bond acceptors (Lipinski definition) is 7. The molecule has 0 fully saturated rings. The molecule has 0 saturated carbocycles. The lowest BCUT2D eigenvalue weighted by atomic mass is 10.1. The number of rotatable bonds is 7. The molecule has 2 amide bonds. The maximum Gasteiger partial charge on any atom is 0.408 e. The van der Waals surface area contributed by atoms with Crippen molar-refractivity contribution >= 4 is 17.7 Å². The molecule has 2 N–H and O–H groups in total. The average Bonchev–Trinajstić information content (AvgIpc) is 2.72. The van der Waals surface area contributed by atoms with E-state index in [0.29, 0.717) is 29.8 Å². The van der Waals surface area contributed by atoms with Crippen LogP contribution in [0.1, 0.15) is 52.2 Å². The van der Waals surface area contributed by atoms with Crippen LogP contribution in [-0.2, 0) is 16.0 Å². The van der Waals surface area contributed by atoms with Crippen LogP contribution in [0.4, 0.5) is 10.5 Å². The van der Waals surface area contributed by atoms with E-state index >= 15 is 0 Å². The molecule has 1 atom stereocenters. The highest BCUT2D eigenvalue weighted by molar-refractivity contribution is 5.96. The lowest BCUT2D eigenvalue weighted by Gasteiger charge is -2.22. The van der Waals surface area contributed by atoms with E-state index in [9.17, 15) is 9.59 Å². The van der Waals surface area contributed by atoms with Crippen LogP contribution in [0.2, 0.25) is 0 Å². The van der Waals surface area contributed by atoms with Gasteiger partial charge < -0.3 is 20.1 Å². The third kappa shape index (κ3) is 7.26. The molecule has 9 heteroatoms. The fraction of sp³-hybridized carbons (Fsp3) is 0.409. The van der Waals surface area contributed by atoms with E-state index in [2.05, 4.69) is 26.7 Å². The van der Waals surface area contributed by atoms with E-state index < -0.39 is 23.6 Å². The molecule has 1 unspecified atom stereocenters. The first kappa shape index (κ1) is 23.6. The van der Waals surface area contributed by atoms with Gasteiger partial charge in [-0.3, -0.25) is 4.79 Å². The van der Waals surface area contributed by atoms with Crippen LogP contribution in [0, 0.1) is 11.3 Å². The molecule has 0 aliphatic heterocycles. The Morgan fingerprint density at radius 2 is 1.87 bits per heavy atom. The summed E-state index contributed by atoms with van der Waals surface area (Å²) in [4.78, 5) is 32.6. The molecule has 164 valence electrons. The predicted octanol–water partition coefficient (Wildman–Crippen LogP) is 3.94. The quantitative estimate of drug-likeness (QED) is 0.688. The van der Waals surface area contributed by atoms with Gasteiger partial charge in [-0.2, -0.15) is 5.26 Å². The van der Waals surface area contributed by atoms with Crippen LogP contribution < -0.4 is 15.4 Å². The molecule has 0 aliphatic rings. The maximum atomic E-state index is 12.5. The lowest BCUT2D eigenvalue weighted by Crippen LogP contribution is -2.45. The molecule has 0 bridgehead atoms. The van der Waals surface area contributed by atoms with Crippen LogP contribution >= 0.6 is 0 Å². The van der Waals surface area contributed by atoms with E-state index in [1.807, 2.05) is 6.92 Å². The van der Waals surface area contributed by atoms with Gasteiger partial charge in [0.2, 0.25) is 5.91 Å². The molecular weight excluding hydrogens is 398 g/mol. The number of carbonyl (C=O) groups is 2. The van der Waals surface area contributed by atoms with Gasteiger partial charge in [-0.1, -0.05) is 13.8 Å². The van der Waals surface area contributed by atoms with Crippen molar-refractivity contribution in [2.24, 2.45) is 0 Å². The Morgan fingerprint density at radius 3 is 2.42 bits per heavy atom. The minimum absolute atomic E-state index is 0.108. The van der Waals surface area contributed by atoms with Crippen molar-refractivity contribution in [3.05, 3.63) is 41.7 Å². The van der Waals surface area contributed by atoms with Crippen LogP contribution in [-0.4, -0.2) is 33.6 Å². The summed E-state index contributed by atoms with van der Waals surface area (Å²) in [6.07, 6.45) is 3.22. The summed E-state index contributed by atoms with van der Waals surface area (Å²) < 4.78 is 10.9. The number of hydrogen-bond donors (Lipinski definition) is 2. The number of ether oxygens (including phenoxy) is 2. The first-order valence-electron chi connectivity index (χ1n) is 9.98. The molecule has 9 nitrogen and oxygen atoms in total. The zero-order valence-corrected chi connectivity index (χ0v) is 18.4. The second-order valence-corrected chi connectivity index (χ2v) is 7.74. The van der Waals surface area contributed by atoms with Crippen molar-refractivity contribution in [2.45, 2.75) is 59.1 Å². The molecule has 1 aromatic carbocycles. The molecule has 0 radical (unpaired) electrons. The zero-order valence-electron chi connectivity index (χ0n) is 18.4. The number of nitrogens with zero attached hydrogens (tertiary/aromatic N) is 3. The second kappa shape index (κ2) is 10.4. The summed E-state index contributed by atoms with van der Waals surface area (Å²) in [7, 11) is 0. The summed E-state index contributed by atoms with van der Waals surface area (Å²) in [5, 5.41) is 14.2. The number of carbonyl (C=O) groups excluding carboxylic acids is 2. The molecule has 0 saturated heterocycles. The Labute approximate surface area is 181 Å². The number of aromatic nitrogens is 2. The minimum Gasteiger partial charge on any atom is -0.444 e. The predicted molar refractivity (Wildman–Crippen MR) is 115 cm³/mol. The maximum absolute atomic E-state index is 12.5. The molecule has 31 heavy (non-hydrogen) atoms. The molecule has 2 aromatic rings. The van der Waals surface area contributed by atoms with Crippen LogP contribution in [0.5, 0.6) is 11.8 Å². The smallest absolute Gasteiger partial charge is 0.408 e. The summed E-state index contributed by atoms with van der Waals surface area (Å²) >= 11 is 0. The first-order chi connectivity index (χ1) is 14.6. The van der Waals surface area contributed by atoms with Gasteiger partial charge in [-0.05, 0) is 57.4 Å². The van der Waals surface area contributed by atoms with Crippen molar-refractivity contribution in [3.8, 4) is 17.8 Å². The number of amides is 2. The normalized spacial score (nSPS) is 11.7. The fourth-order valence-corrected chi connectivity index (χ4v) is 2.59. The van der Waals surface area contributed by atoms with Crippen molar-refractivity contribution < 1.29 is 19.1 Å². The Morgan fingerprint density at radius 1 is 1.19 bits per heavy atom. The van der Waals surface area contributed by atoms with Crippen molar-refractivity contribution in [3.63, 3.8) is 0 Å². The highest BCUT2D eigenvalue weighted by Gasteiger charge is 2.23. The first-order valence-corrected chi connectivity index (χ1v) is 9.98. The van der Waals surface area contributed by atoms with E-state index in [1.54, 1.807) is 45.9 Å². The summed E-state index contributed by atoms with van der Waals surface area (Å²) in [5.41, 5.74) is 1.11. The molecule has 0 aliphatic carbocycles. The number of nitriles is 1. The second-order valence-electron chi connectivity index (χ2n) is 7.74. The highest BCUT2D eigenvalue weighted by Crippen LogP contribution is 2.25. The van der Waals surface area contributed by atoms with Gasteiger partial charge in [0.05, 0.1) is 29.7 Å². The Balaban J connectivity index is 2.01. The summed E-state index contributed by atoms with van der Waals surface area (Å²) in [6.45, 7) is 8.97. The molecule has 2 rings (SSSR count). The largest absolute Gasteiger partial charge is 0.444 e. The molecule has 1 aromatic heterocycles. The third-order valence-electron chi connectivity index (χ3n) is 4.08. The summed E-state index contributed by atoms with van der Waals surface area (Å²) in [6, 6.07) is 6.55. The van der Waals surface area contributed by atoms with Gasteiger partial charge in [0.1, 0.15) is 17.4 Å². The molecular formula is C22H27N5O4. The van der Waals surface area contributed by atoms with E-state index in [0.717, 1.165) is 5.56 Å². The van der Waals surface area contributed by atoms with Gasteiger partial charge in [-0.25, -0.2) is 14.8 Å². The number of nitrogens with one attached hydrogen (secondary N) is 2. The monoisotopic (exact) mass is 425 g/mol. The van der Waals surface area contributed by atoms with Crippen molar-refractivity contribution in [2.75, 3.05) is 5.32 Å². The van der Waals surface area contributed by atoms with Crippen molar-refractivity contribution in [1.82, 2.24) is 15.3 Å². The number of anilines is 1. The van der Waals surface area contributed by atoms with Crippen LogP contribution in [0.25, 0.3) is 0 Å². The lowest BCUT2D eigenvalue weighted by molar-refractivity contribution is -0.118. The van der Waals surface area contributed by atoms with Crippen LogP contribution in [0.3, 0.4) is 0 Å². The van der Waals surface area contributed by atoms with E-state index in [1.165, 1.54) is 12.4 Å². The SMILES string of the molecule is CCc1cc(C#N)ccc1Oc1ncc(NC(=O)C(CC)NC(=O)OC(C)(C)C)cn1. The van der Waals surface area contributed by atoms with Gasteiger partial charge >= 0.3 is 12.1 Å². The zero-order chi connectivity index (χ0) is 23.0. The van der Waals surface area contributed by atoms with Crippen molar-refractivity contribution in [1.29, 1.82) is 5.26 Å². The minimum atomic E-state index is -0.767. The van der Waals surface area contributed by atoms with Gasteiger partial charge in [0, 0.05) is 0 Å². The topological polar surface area (TPSA) is 126 Å². The fourth-order valence-electron chi connectivity index (χ4n) is 2.59. The third-order valence-corrected chi connectivity index (χ3v) is 4.08. The molecule has 0 spiro atoms. The van der Waals surface area contributed by atoms with Gasteiger partial charge in [-0.15, -0.1) is 0 Å². The Kier molecular flexibility index (Phi) is 7.91. The van der Waals surface area contributed by atoms with E-state index in [4.69, 9.17) is 14.7 Å². The standard InChI is InChI=1S/C22H27N5O4/c1-6-15-10-14(11-23)8-9-18(15)30-20-24-12-16(13-25-20)26-19(28)17(7-2)27-21(29)31-22(3,4)5/h8-10,12-13,17H,6-7H2,1-5H3,(H,26,28)(H,27,29). The summed E-state index contributed by atoms with van der Waals surface area (Å²) in [5.74, 6) is 0.150. The van der Waals surface area contributed by atoms with Gasteiger partial charge in [0.25, 0.3) is 0 Å². The Hall–Kier alpha value is -3.67. The van der Waals surface area contributed by atoms with Crippen LogP contribution in [0.15, 0.2) is 30.6 Å². The van der Waals surface area contributed by atoms with E-state index in [-0.39, 0.29) is 6.01 Å². The number of aryl methyl sites for hydroxylation is 1. The van der Waals surface area contributed by atoms with Gasteiger partial charge in [0.15, 0.2) is 0 Å².